The quantitative estimate of drug-likeness (QED) is 0.835. The average molecular weight is 396 g/mol. The van der Waals surface area contributed by atoms with Gasteiger partial charge in [-0.15, -0.1) is 0 Å². The van der Waals surface area contributed by atoms with E-state index in [9.17, 15) is 14.4 Å². The number of hydrogen-bond acceptors (Lipinski definition) is 3. The van der Waals surface area contributed by atoms with Gasteiger partial charge in [0.1, 0.15) is 0 Å². The predicted octanol–water partition coefficient (Wildman–Crippen LogP) is 3.04. The summed E-state index contributed by atoms with van der Waals surface area (Å²) in [6, 6.07) is 5.08. The van der Waals surface area contributed by atoms with Crippen LogP contribution < -0.4 is 16.6 Å². The highest BCUT2D eigenvalue weighted by molar-refractivity contribution is 5.97. The second-order valence-electron chi connectivity index (χ2n) is 9.72. The van der Waals surface area contributed by atoms with Gasteiger partial charge < -0.3 is 10.3 Å². The number of fused-ring (bicyclic) bond motifs is 1. The number of hydrogen-bond donors (Lipinski definition) is 2. The summed E-state index contributed by atoms with van der Waals surface area (Å²) < 4.78 is 1.16. The Hall–Kier alpha value is -2.37. The van der Waals surface area contributed by atoms with Gasteiger partial charge in [0, 0.05) is 18.2 Å². The number of H-pyrrole nitrogens is 1. The van der Waals surface area contributed by atoms with E-state index in [0.29, 0.717) is 23.0 Å². The van der Waals surface area contributed by atoms with Gasteiger partial charge in [0.2, 0.25) is 0 Å². The molecule has 4 aliphatic carbocycles. The summed E-state index contributed by atoms with van der Waals surface area (Å²) in [5.41, 5.74) is 0.382. The molecule has 1 unspecified atom stereocenters. The summed E-state index contributed by atoms with van der Waals surface area (Å²) in [5, 5.41) is 3.68. The molecule has 6 nitrogen and oxygen atoms in total. The van der Waals surface area contributed by atoms with E-state index in [-0.39, 0.29) is 22.9 Å². The van der Waals surface area contributed by atoms with Gasteiger partial charge in [-0.25, -0.2) is 4.79 Å². The monoisotopic (exact) mass is 395 g/mol. The van der Waals surface area contributed by atoms with Crippen LogP contribution in [0.5, 0.6) is 0 Å². The molecule has 4 aliphatic rings. The van der Waals surface area contributed by atoms with Gasteiger partial charge in [-0.1, -0.05) is 0 Å². The number of benzene rings is 1. The molecule has 1 heterocycles. The van der Waals surface area contributed by atoms with Gasteiger partial charge in [-0.3, -0.25) is 14.2 Å². The minimum Gasteiger partial charge on any atom is -0.349 e. The van der Waals surface area contributed by atoms with Gasteiger partial charge >= 0.3 is 5.69 Å². The fraction of sp³-hybridized carbons (Fsp3) is 0.609. The van der Waals surface area contributed by atoms with Crippen molar-refractivity contribution in [3.63, 3.8) is 0 Å². The molecule has 2 N–H and O–H groups in total. The van der Waals surface area contributed by atoms with Crippen molar-refractivity contribution in [2.45, 2.75) is 65.0 Å². The summed E-state index contributed by atoms with van der Waals surface area (Å²) in [6.45, 7) is 4.24. The van der Waals surface area contributed by atoms with E-state index in [1.165, 1.54) is 38.5 Å². The molecule has 1 aromatic carbocycles. The van der Waals surface area contributed by atoms with Crippen LogP contribution in [0.1, 0.15) is 62.7 Å². The number of aromatic amines is 1. The average Bonchev–Trinajstić information content (AvgIpc) is 2.66. The van der Waals surface area contributed by atoms with Crippen LogP contribution in [0, 0.1) is 23.2 Å². The minimum absolute atomic E-state index is 0.129. The van der Waals surface area contributed by atoms with E-state index in [0.717, 1.165) is 22.3 Å². The van der Waals surface area contributed by atoms with Crippen LogP contribution in [0.4, 0.5) is 0 Å². The third-order valence-electron chi connectivity index (χ3n) is 7.91. The Morgan fingerprint density at radius 1 is 1.17 bits per heavy atom. The fourth-order valence-corrected chi connectivity index (χ4v) is 6.82. The van der Waals surface area contributed by atoms with Gasteiger partial charge in [-0.05, 0) is 93.7 Å². The molecule has 4 fully saturated rings. The smallest absolute Gasteiger partial charge is 0.328 e. The number of nitrogens with zero attached hydrogens (tertiary/aromatic N) is 1. The van der Waals surface area contributed by atoms with Crippen molar-refractivity contribution in [3.8, 4) is 0 Å². The first-order chi connectivity index (χ1) is 13.9. The lowest BCUT2D eigenvalue weighted by Crippen LogP contribution is -2.55. The number of rotatable bonds is 4. The van der Waals surface area contributed by atoms with Crippen molar-refractivity contribution in [1.82, 2.24) is 14.9 Å². The van der Waals surface area contributed by atoms with E-state index in [2.05, 4.69) is 17.2 Å². The second-order valence-corrected chi connectivity index (χ2v) is 9.72. The summed E-state index contributed by atoms with van der Waals surface area (Å²) in [6.07, 6.45) is 7.86. The number of aromatic nitrogens is 2. The Kier molecular flexibility index (Phi) is 4.23. The normalized spacial score (nSPS) is 31.2. The van der Waals surface area contributed by atoms with E-state index in [1.807, 2.05) is 0 Å². The fourth-order valence-electron chi connectivity index (χ4n) is 6.82. The van der Waals surface area contributed by atoms with Crippen LogP contribution in [0.2, 0.25) is 0 Å². The van der Waals surface area contributed by atoms with Crippen molar-refractivity contribution < 1.29 is 4.79 Å². The molecule has 4 bridgehead atoms. The molecular formula is C23H29N3O3. The van der Waals surface area contributed by atoms with Gasteiger partial charge in [0.25, 0.3) is 11.5 Å². The first-order valence-electron chi connectivity index (χ1n) is 11.0. The van der Waals surface area contributed by atoms with Crippen molar-refractivity contribution in [3.05, 3.63) is 44.6 Å². The Balaban J connectivity index is 1.40. The van der Waals surface area contributed by atoms with Crippen molar-refractivity contribution in [1.29, 1.82) is 0 Å². The van der Waals surface area contributed by atoms with Gasteiger partial charge in [0.15, 0.2) is 0 Å². The molecule has 6 heteroatoms. The molecule has 29 heavy (non-hydrogen) atoms. The van der Waals surface area contributed by atoms with Crippen molar-refractivity contribution in [2.24, 2.45) is 23.2 Å². The summed E-state index contributed by atoms with van der Waals surface area (Å²) in [4.78, 5) is 40.3. The van der Waals surface area contributed by atoms with E-state index in [1.54, 1.807) is 25.1 Å². The Morgan fingerprint density at radius 2 is 1.79 bits per heavy atom. The standard InChI is InChI=1S/C23H29N3O3/c1-3-26-21(28)18-5-4-17(9-19(18)25-22(26)29)20(27)24-13(2)23-10-14-6-15(11-23)8-16(7-14)12-23/h4-5,9,13-16H,3,6-8,10-12H2,1-2H3,(H,24,27)(H,25,29). The molecule has 0 spiro atoms. The summed E-state index contributed by atoms with van der Waals surface area (Å²) >= 11 is 0. The number of carbonyl (C=O) groups is 1. The van der Waals surface area contributed by atoms with Gasteiger partial charge in [-0.2, -0.15) is 0 Å². The molecule has 0 saturated heterocycles. The summed E-state index contributed by atoms with van der Waals surface area (Å²) in [7, 11) is 0. The highest BCUT2D eigenvalue weighted by atomic mass is 16.2. The number of nitrogens with one attached hydrogen (secondary N) is 2. The van der Waals surface area contributed by atoms with Crippen LogP contribution in [0.25, 0.3) is 10.9 Å². The molecular weight excluding hydrogens is 366 g/mol. The Labute approximate surface area is 169 Å². The molecule has 2 aromatic rings. The topological polar surface area (TPSA) is 84.0 Å². The highest BCUT2D eigenvalue weighted by Gasteiger charge is 2.53. The van der Waals surface area contributed by atoms with Crippen LogP contribution in [0.15, 0.2) is 27.8 Å². The molecule has 6 rings (SSSR count). The molecule has 4 saturated carbocycles. The zero-order chi connectivity index (χ0) is 20.3. The first kappa shape index (κ1) is 18.6. The van der Waals surface area contributed by atoms with Gasteiger partial charge in [0.05, 0.1) is 10.9 Å². The van der Waals surface area contributed by atoms with Crippen LogP contribution in [-0.2, 0) is 6.54 Å². The van der Waals surface area contributed by atoms with Crippen molar-refractivity contribution >= 4 is 16.8 Å². The largest absolute Gasteiger partial charge is 0.349 e. The first-order valence-corrected chi connectivity index (χ1v) is 11.0. The molecule has 1 atom stereocenters. The number of amides is 1. The number of carbonyl (C=O) groups excluding carboxylic acids is 1. The SMILES string of the molecule is CCn1c(=O)[nH]c2cc(C(=O)NC(C)C34CC5CC(CC(C5)C3)C4)ccc2c1=O. The maximum absolute atomic E-state index is 13.0. The lowest BCUT2D eigenvalue weighted by atomic mass is 9.48. The third kappa shape index (κ3) is 2.95. The Morgan fingerprint density at radius 3 is 2.38 bits per heavy atom. The lowest BCUT2D eigenvalue weighted by Gasteiger charge is -2.59. The molecule has 1 aromatic heterocycles. The zero-order valence-electron chi connectivity index (χ0n) is 17.2. The van der Waals surface area contributed by atoms with E-state index < -0.39 is 5.69 Å². The van der Waals surface area contributed by atoms with Crippen LogP contribution in [0.3, 0.4) is 0 Å². The zero-order valence-corrected chi connectivity index (χ0v) is 17.2. The third-order valence-corrected chi connectivity index (χ3v) is 7.91. The van der Waals surface area contributed by atoms with Crippen molar-refractivity contribution in [2.75, 3.05) is 0 Å². The molecule has 1 amide bonds. The molecule has 154 valence electrons. The van der Waals surface area contributed by atoms with E-state index >= 15 is 0 Å². The minimum atomic E-state index is -0.440. The maximum atomic E-state index is 13.0. The molecule has 0 radical (unpaired) electrons. The summed E-state index contributed by atoms with van der Waals surface area (Å²) in [5.74, 6) is 2.39. The predicted molar refractivity (Wildman–Crippen MR) is 112 cm³/mol. The second kappa shape index (κ2) is 6.57. The maximum Gasteiger partial charge on any atom is 0.328 e. The Bertz CT molecular complexity index is 1060. The lowest BCUT2D eigenvalue weighted by molar-refractivity contribution is -0.0688. The molecule has 0 aliphatic heterocycles. The van der Waals surface area contributed by atoms with Crippen LogP contribution >= 0.6 is 0 Å². The van der Waals surface area contributed by atoms with Crippen LogP contribution in [-0.4, -0.2) is 21.5 Å². The van der Waals surface area contributed by atoms with E-state index in [4.69, 9.17) is 0 Å². The highest BCUT2D eigenvalue weighted by Crippen LogP contribution is 2.61.